The minimum absolute atomic E-state index is 0.0616. The molecular formula is C18H17ClN4O2. The van der Waals surface area contributed by atoms with Crippen LogP contribution in [0.3, 0.4) is 0 Å². The second-order valence-electron chi connectivity index (χ2n) is 5.73. The lowest BCUT2D eigenvalue weighted by Crippen LogP contribution is -2.33. The van der Waals surface area contributed by atoms with Crippen molar-refractivity contribution < 1.29 is 9.59 Å². The van der Waals surface area contributed by atoms with Crippen LogP contribution in [0.1, 0.15) is 35.8 Å². The summed E-state index contributed by atoms with van der Waals surface area (Å²) in [6, 6.07) is 10.5. The van der Waals surface area contributed by atoms with Crippen LogP contribution in [0.25, 0.3) is 0 Å². The maximum absolute atomic E-state index is 12.2. The van der Waals surface area contributed by atoms with E-state index >= 15 is 0 Å². The highest BCUT2D eigenvalue weighted by molar-refractivity contribution is 6.31. The van der Waals surface area contributed by atoms with Crippen LogP contribution < -0.4 is 10.7 Å². The first-order chi connectivity index (χ1) is 12.1. The van der Waals surface area contributed by atoms with E-state index in [0.29, 0.717) is 17.1 Å². The van der Waals surface area contributed by atoms with Crippen LogP contribution in [0, 0.1) is 5.92 Å². The number of anilines is 1. The first-order valence-corrected chi connectivity index (χ1v) is 8.34. The van der Waals surface area contributed by atoms with Crippen LogP contribution in [0.5, 0.6) is 0 Å². The van der Waals surface area contributed by atoms with Gasteiger partial charge >= 0.3 is 0 Å². The maximum Gasteiger partial charge on any atom is 0.274 e. The summed E-state index contributed by atoms with van der Waals surface area (Å²) in [6.45, 7) is 2.03. The van der Waals surface area contributed by atoms with Crippen molar-refractivity contribution in [3.8, 4) is 0 Å². The predicted molar refractivity (Wildman–Crippen MR) is 96.7 cm³/mol. The summed E-state index contributed by atoms with van der Waals surface area (Å²) < 4.78 is 0. The Labute approximate surface area is 150 Å². The molecule has 1 aliphatic heterocycles. The second-order valence-corrected chi connectivity index (χ2v) is 6.17. The number of hydrazone groups is 1. The number of pyridine rings is 1. The summed E-state index contributed by atoms with van der Waals surface area (Å²) in [5.74, 6) is -0.290. The van der Waals surface area contributed by atoms with Crippen molar-refractivity contribution in [1.82, 2.24) is 10.4 Å². The second kappa shape index (κ2) is 7.44. The van der Waals surface area contributed by atoms with Crippen molar-refractivity contribution in [3.05, 3.63) is 58.9 Å². The lowest BCUT2D eigenvalue weighted by Gasteiger charge is -2.21. The maximum atomic E-state index is 12.2. The first-order valence-electron chi connectivity index (χ1n) is 7.96. The number of nitrogens with zero attached hydrogens (tertiary/aromatic N) is 2. The van der Waals surface area contributed by atoms with Crippen LogP contribution in [-0.4, -0.2) is 22.5 Å². The van der Waals surface area contributed by atoms with Gasteiger partial charge in [0.1, 0.15) is 5.69 Å². The van der Waals surface area contributed by atoms with Gasteiger partial charge in [-0.05, 0) is 36.2 Å². The molecule has 0 saturated heterocycles. The van der Waals surface area contributed by atoms with E-state index in [4.69, 9.17) is 11.6 Å². The van der Waals surface area contributed by atoms with Gasteiger partial charge in [0.05, 0.1) is 5.71 Å². The van der Waals surface area contributed by atoms with Gasteiger partial charge in [-0.2, -0.15) is 5.10 Å². The number of carbonyl (C=O) groups is 2. The smallest absolute Gasteiger partial charge is 0.274 e. The third-order valence-electron chi connectivity index (χ3n) is 4.01. The zero-order valence-electron chi connectivity index (χ0n) is 13.6. The summed E-state index contributed by atoms with van der Waals surface area (Å²) in [7, 11) is 0. The van der Waals surface area contributed by atoms with Crippen molar-refractivity contribution in [2.75, 3.05) is 5.32 Å². The summed E-state index contributed by atoms with van der Waals surface area (Å²) >= 11 is 5.87. The van der Waals surface area contributed by atoms with E-state index in [0.717, 1.165) is 17.7 Å². The normalized spacial score (nSPS) is 16.8. The zero-order valence-corrected chi connectivity index (χ0v) is 14.4. The Bertz CT molecular complexity index is 833. The third kappa shape index (κ3) is 4.03. The van der Waals surface area contributed by atoms with E-state index in [9.17, 15) is 9.59 Å². The molecule has 0 aliphatic carbocycles. The molecule has 0 bridgehead atoms. The molecule has 1 aromatic heterocycles. The molecule has 7 heteroatoms. The number of hydrogen-bond donors (Lipinski definition) is 2. The molecule has 2 amide bonds. The molecule has 3 rings (SSSR count). The minimum atomic E-state index is -0.330. The molecule has 0 radical (unpaired) electrons. The van der Waals surface area contributed by atoms with Crippen LogP contribution >= 0.6 is 11.6 Å². The number of halogens is 1. The number of hydrogen-bond acceptors (Lipinski definition) is 4. The number of amides is 2. The summed E-state index contributed by atoms with van der Waals surface area (Å²) in [5.41, 5.74) is 5.20. The largest absolute Gasteiger partial charge is 0.321 e. The Kier molecular flexibility index (Phi) is 5.09. The number of rotatable bonds is 4. The molecule has 0 fully saturated rings. The minimum Gasteiger partial charge on any atom is -0.321 e. The van der Waals surface area contributed by atoms with Gasteiger partial charge in [0.25, 0.3) is 5.91 Å². The number of carbonyl (C=O) groups excluding carboxylic acids is 2. The van der Waals surface area contributed by atoms with Crippen molar-refractivity contribution in [2.45, 2.75) is 19.8 Å². The van der Waals surface area contributed by atoms with Crippen LogP contribution in [-0.2, 0) is 4.79 Å². The van der Waals surface area contributed by atoms with E-state index < -0.39 is 0 Å². The van der Waals surface area contributed by atoms with E-state index in [1.54, 1.807) is 18.2 Å². The highest BCUT2D eigenvalue weighted by atomic mass is 35.5. The average molecular weight is 357 g/mol. The highest BCUT2D eigenvalue weighted by Crippen LogP contribution is 2.21. The molecular weight excluding hydrogens is 340 g/mol. The Morgan fingerprint density at radius 3 is 2.76 bits per heavy atom. The number of nitrogens with one attached hydrogen (secondary N) is 2. The van der Waals surface area contributed by atoms with Gasteiger partial charge in [0.2, 0.25) is 5.91 Å². The summed E-state index contributed by atoms with van der Waals surface area (Å²) in [4.78, 5) is 27.6. The average Bonchev–Trinajstić information content (AvgIpc) is 2.62. The van der Waals surface area contributed by atoms with Crippen molar-refractivity contribution >= 4 is 34.8 Å². The van der Waals surface area contributed by atoms with Gasteiger partial charge in [0.15, 0.2) is 0 Å². The lowest BCUT2D eigenvalue weighted by atomic mass is 9.90. The molecule has 2 N–H and O–H groups in total. The lowest BCUT2D eigenvalue weighted by molar-refractivity contribution is -0.122. The Balaban J connectivity index is 1.74. The van der Waals surface area contributed by atoms with Gasteiger partial charge in [-0.25, -0.2) is 5.43 Å². The monoisotopic (exact) mass is 356 g/mol. The fourth-order valence-corrected chi connectivity index (χ4v) is 2.83. The molecule has 25 heavy (non-hydrogen) atoms. The topological polar surface area (TPSA) is 83.5 Å². The van der Waals surface area contributed by atoms with Crippen molar-refractivity contribution in [3.63, 3.8) is 0 Å². The van der Waals surface area contributed by atoms with Gasteiger partial charge in [-0.1, -0.05) is 30.7 Å². The molecule has 1 atom stereocenters. The molecule has 1 aromatic carbocycles. The molecule has 0 spiro atoms. The Hall–Kier alpha value is -2.73. The van der Waals surface area contributed by atoms with Crippen molar-refractivity contribution in [1.29, 1.82) is 0 Å². The molecule has 128 valence electrons. The van der Waals surface area contributed by atoms with E-state index in [2.05, 4.69) is 20.8 Å². The third-order valence-corrected chi connectivity index (χ3v) is 4.24. The molecule has 1 aliphatic rings. The van der Waals surface area contributed by atoms with E-state index in [1.807, 2.05) is 19.1 Å². The van der Waals surface area contributed by atoms with Gasteiger partial charge < -0.3 is 5.32 Å². The quantitative estimate of drug-likeness (QED) is 0.882. The van der Waals surface area contributed by atoms with Crippen LogP contribution in [0.15, 0.2) is 47.7 Å². The Morgan fingerprint density at radius 2 is 2.08 bits per heavy atom. The van der Waals surface area contributed by atoms with E-state index in [-0.39, 0.29) is 23.4 Å². The molecule has 2 aromatic rings. The molecule has 1 unspecified atom stereocenters. The Morgan fingerprint density at radius 1 is 1.32 bits per heavy atom. The standard InChI is InChI=1S/C18H17ClN4O2/c1-2-11-9-16(24)22-23-17(11)12-3-5-14(6-4-12)21-18(25)15-10-13(19)7-8-20-15/h3-8,10-11H,2,9H2,1H3,(H,21,25)(H,22,24). The van der Waals surface area contributed by atoms with E-state index in [1.165, 1.54) is 12.3 Å². The summed E-state index contributed by atoms with van der Waals surface area (Å²) in [5, 5.41) is 7.42. The van der Waals surface area contributed by atoms with Crippen LogP contribution in [0.2, 0.25) is 5.02 Å². The number of aromatic nitrogens is 1. The molecule has 6 nitrogen and oxygen atoms in total. The fourth-order valence-electron chi connectivity index (χ4n) is 2.67. The van der Waals surface area contributed by atoms with Crippen LogP contribution in [0.4, 0.5) is 5.69 Å². The molecule has 0 saturated carbocycles. The predicted octanol–water partition coefficient (Wildman–Crippen LogP) is 3.24. The number of benzene rings is 1. The van der Waals surface area contributed by atoms with Gasteiger partial charge in [-0.3, -0.25) is 14.6 Å². The SMILES string of the molecule is CCC1CC(=O)NN=C1c1ccc(NC(=O)c2cc(Cl)ccn2)cc1. The van der Waals surface area contributed by atoms with Gasteiger partial charge in [0, 0.05) is 29.2 Å². The molecule has 2 heterocycles. The highest BCUT2D eigenvalue weighted by Gasteiger charge is 2.23. The van der Waals surface area contributed by atoms with Gasteiger partial charge in [-0.15, -0.1) is 0 Å². The van der Waals surface area contributed by atoms with Crippen molar-refractivity contribution in [2.24, 2.45) is 11.0 Å². The fraction of sp³-hybridized carbons (Fsp3) is 0.222. The summed E-state index contributed by atoms with van der Waals surface area (Å²) in [6.07, 6.45) is 2.76. The zero-order chi connectivity index (χ0) is 17.8. The first kappa shape index (κ1) is 17.1.